The maximum Gasteiger partial charge on any atom is 0.495 e. The summed E-state index contributed by atoms with van der Waals surface area (Å²) in [6.45, 7) is 1.45. The highest BCUT2D eigenvalue weighted by molar-refractivity contribution is 6.63. The quantitative estimate of drug-likeness (QED) is 0.587. The number of benzene rings is 1. The van der Waals surface area contributed by atoms with E-state index in [0.717, 1.165) is 0 Å². The van der Waals surface area contributed by atoms with Crippen LogP contribution in [0.1, 0.15) is 33.9 Å². The van der Waals surface area contributed by atoms with Crippen molar-refractivity contribution in [3.63, 3.8) is 0 Å². The molecule has 2 rings (SSSR count). The molecule has 0 bridgehead atoms. The average molecular weight is 251 g/mol. The molecular weight excluding hydrogens is 231 g/mol. The molecule has 0 N–H and O–H groups in total. The normalized spacial score (nSPS) is 26.4. The van der Waals surface area contributed by atoms with Crippen LogP contribution < -0.4 is 5.46 Å². The van der Waals surface area contributed by atoms with E-state index in [0.29, 0.717) is 5.46 Å². The molecule has 1 heterocycles. The largest absolute Gasteiger partial charge is 0.495 e. The zero-order valence-electron chi connectivity index (χ0n) is 13.6. The molecule has 18 heavy (non-hydrogen) atoms. The second kappa shape index (κ2) is 5.12. The average Bonchev–Trinajstić information content (AvgIpc) is 2.76. The summed E-state index contributed by atoms with van der Waals surface area (Å²) in [6, 6.07) is 4.25. The van der Waals surface area contributed by atoms with Crippen molar-refractivity contribution in [3.8, 4) is 0 Å². The lowest BCUT2D eigenvalue weighted by Crippen LogP contribution is -2.37. The zero-order valence-corrected chi connectivity index (χ0v) is 10.6. The van der Waals surface area contributed by atoms with Gasteiger partial charge in [0.25, 0.3) is 0 Å². The highest BCUT2D eigenvalue weighted by atomic mass is 16.7. The first-order chi connectivity index (χ1) is 9.74. The summed E-state index contributed by atoms with van der Waals surface area (Å²) >= 11 is 0. The van der Waals surface area contributed by atoms with Gasteiger partial charge in [-0.05, 0) is 32.2 Å². The molecule has 0 saturated carbocycles. The van der Waals surface area contributed by atoms with E-state index >= 15 is 0 Å². The second-order valence-electron chi connectivity index (χ2n) is 4.31. The summed E-state index contributed by atoms with van der Waals surface area (Å²) < 4.78 is 38.5. The van der Waals surface area contributed by atoms with Crippen LogP contribution in [0.2, 0.25) is 0 Å². The molecular formula is C13H17BO4. The molecule has 5 heteroatoms. The number of carbonyl (C=O) groups excluding carboxylic acids is 1. The molecule has 0 aliphatic carbocycles. The first kappa shape index (κ1) is 9.58. The standard InChI is InChI=1S/C13H17BO4/c1-8-5-6-11(13(15)16-4)12(7-8)14-17-9(2)10(3)18-14/h5-7,9-10H,1-4H3/i1D3. The number of rotatable bonds is 2. The predicted octanol–water partition coefficient (Wildman–Crippen LogP) is 1.30. The van der Waals surface area contributed by atoms with Gasteiger partial charge < -0.3 is 14.0 Å². The fourth-order valence-electron chi connectivity index (χ4n) is 1.84. The van der Waals surface area contributed by atoms with Crippen molar-refractivity contribution in [1.29, 1.82) is 0 Å². The monoisotopic (exact) mass is 251 g/mol. The van der Waals surface area contributed by atoms with Gasteiger partial charge in [-0.2, -0.15) is 0 Å². The van der Waals surface area contributed by atoms with Gasteiger partial charge in [-0.15, -0.1) is 0 Å². The lowest BCUT2D eigenvalue weighted by Gasteiger charge is -2.11. The van der Waals surface area contributed by atoms with Crippen LogP contribution in [-0.2, 0) is 14.0 Å². The molecule has 0 spiro atoms. The molecule has 1 aliphatic rings. The van der Waals surface area contributed by atoms with Crippen LogP contribution in [0.3, 0.4) is 0 Å². The smallest absolute Gasteiger partial charge is 0.465 e. The van der Waals surface area contributed by atoms with Crippen LogP contribution in [0.25, 0.3) is 0 Å². The van der Waals surface area contributed by atoms with E-state index in [4.69, 9.17) is 18.2 Å². The Morgan fingerprint density at radius 3 is 2.61 bits per heavy atom. The van der Waals surface area contributed by atoms with Crippen molar-refractivity contribution >= 4 is 18.6 Å². The lowest BCUT2D eigenvalue weighted by atomic mass is 9.75. The third kappa shape index (κ3) is 2.42. The molecule has 0 amide bonds. The van der Waals surface area contributed by atoms with E-state index in [2.05, 4.69) is 0 Å². The molecule has 1 saturated heterocycles. The van der Waals surface area contributed by atoms with Crippen LogP contribution in [0.5, 0.6) is 0 Å². The summed E-state index contributed by atoms with van der Waals surface area (Å²) in [5.41, 5.74) is 0.757. The van der Waals surface area contributed by atoms with Gasteiger partial charge in [0.1, 0.15) is 0 Å². The number of esters is 1. The minimum atomic E-state index is -2.26. The molecule has 2 unspecified atom stereocenters. The number of hydrogen-bond donors (Lipinski definition) is 0. The van der Waals surface area contributed by atoms with Gasteiger partial charge in [0.15, 0.2) is 0 Å². The Hall–Kier alpha value is -1.33. The number of aryl methyl sites for hydroxylation is 1. The summed E-state index contributed by atoms with van der Waals surface area (Å²) in [4.78, 5) is 11.8. The third-order valence-electron chi connectivity index (χ3n) is 3.05. The second-order valence-corrected chi connectivity index (χ2v) is 4.31. The van der Waals surface area contributed by atoms with Crippen molar-refractivity contribution in [2.45, 2.75) is 32.9 Å². The Morgan fingerprint density at radius 2 is 2.06 bits per heavy atom. The van der Waals surface area contributed by atoms with E-state index in [-0.39, 0.29) is 23.3 Å². The Kier molecular flexibility index (Phi) is 2.73. The maximum absolute atomic E-state index is 11.8. The van der Waals surface area contributed by atoms with Crippen molar-refractivity contribution in [2.24, 2.45) is 0 Å². The van der Waals surface area contributed by atoms with Crippen LogP contribution in [-0.4, -0.2) is 32.4 Å². The van der Waals surface area contributed by atoms with Gasteiger partial charge >= 0.3 is 13.1 Å². The van der Waals surface area contributed by atoms with Crippen molar-refractivity contribution in [3.05, 3.63) is 29.3 Å². The Bertz CT molecular complexity index is 537. The van der Waals surface area contributed by atoms with Crippen LogP contribution in [0.15, 0.2) is 18.2 Å². The van der Waals surface area contributed by atoms with E-state index in [1.807, 2.05) is 13.8 Å². The molecule has 1 aromatic carbocycles. The highest BCUT2D eigenvalue weighted by Gasteiger charge is 2.38. The van der Waals surface area contributed by atoms with Gasteiger partial charge in [-0.3, -0.25) is 0 Å². The molecule has 0 aromatic heterocycles. The van der Waals surface area contributed by atoms with Gasteiger partial charge in [0, 0.05) is 4.11 Å². The van der Waals surface area contributed by atoms with E-state index in [9.17, 15) is 4.79 Å². The van der Waals surface area contributed by atoms with Gasteiger partial charge in [0.2, 0.25) is 0 Å². The summed E-state index contributed by atoms with van der Waals surface area (Å²) in [7, 11) is 0.497. The SMILES string of the molecule is [2H]C([2H])([2H])c1ccc(C(=O)OC)c(B2OC(C)C(C)O2)c1. The Balaban J connectivity index is 2.46. The fourth-order valence-corrected chi connectivity index (χ4v) is 1.84. The number of carbonyl (C=O) groups is 1. The topological polar surface area (TPSA) is 44.8 Å². The van der Waals surface area contributed by atoms with Crippen molar-refractivity contribution < 1.29 is 23.0 Å². The number of ether oxygens (including phenoxy) is 1. The van der Waals surface area contributed by atoms with Crippen molar-refractivity contribution in [2.75, 3.05) is 7.11 Å². The molecule has 1 aliphatic heterocycles. The predicted molar refractivity (Wildman–Crippen MR) is 69.0 cm³/mol. The molecule has 4 nitrogen and oxygen atoms in total. The maximum atomic E-state index is 11.8. The van der Waals surface area contributed by atoms with Gasteiger partial charge in [-0.25, -0.2) is 4.79 Å². The first-order valence-corrected chi connectivity index (χ1v) is 5.77. The lowest BCUT2D eigenvalue weighted by molar-refractivity contribution is 0.0601. The molecule has 0 radical (unpaired) electrons. The number of hydrogen-bond acceptors (Lipinski definition) is 4. The van der Waals surface area contributed by atoms with E-state index in [1.54, 1.807) is 0 Å². The zero-order chi connectivity index (χ0) is 15.8. The highest BCUT2D eigenvalue weighted by Crippen LogP contribution is 2.17. The van der Waals surface area contributed by atoms with Gasteiger partial charge in [-0.1, -0.05) is 17.7 Å². The third-order valence-corrected chi connectivity index (χ3v) is 3.05. The number of methoxy groups -OCH3 is 1. The summed E-state index contributed by atoms with van der Waals surface area (Å²) in [5.74, 6) is -0.554. The minimum Gasteiger partial charge on any atom is -0.465 e. The molecule has 1 fully saturated rings. The Morgan fingerprint density at radius 1 is 1.39 bits per heavy atom. The Labute approximate surface area is 112 Å². The van der Waals surface area contributed by atoms with Crippen LogP contribution in [0, 0.1) is 6.85 Å². The van der Waals surface area contributed by atoms with Crippen LogP contribution >= 0.6 is 0 Å². The van der Waals surface area contributed by atoms with Gasteiger partial charge in [0.05, 0.1) is 24.9 Å². The van der Waals surface area contributed by atoms with Crippen molar-refractivity contribution in [1.82, 2.24) is 0 Å². The summed E-state index contributed by atoms with van der Waals surface area (Å²) in [6.07, 6.45) is -0.283. The molecule has 96 valence electrons. The van der Waals surface area contributed by atoms with Crippen LogP contribution in [0.4, 0.5) is 0 Å². The molecule has 2 atom stereocenters. The molecule has 1 aromatic rings. The fraction of sp³-hybridized carbons (Fsp3) is 0.462. The van der Waals surface area contributed by atoms with E-state index in [1.165, 1.54) is 25.3 Å². The minimum absolute atomic E-state index is 0.129. The summed E-state index contributed by atoms with van der Waals surface area (Å²) in [5, 5.41) is 0. The first-order valence-electron chi connectivity index (χ1n) is 7.27. The van der Waals surface area contributed by atoms with E-state index < -0.39 is 19.9 Å².